The van der Waals surface area contributed by atoms with Gasteiger partial charge in [-0.3, -0.25) is 9.69 Å². The molecule has 0 aliphatic rings. The summed E-state index contributed by atoms with van der Waals surface area (Å²) in [5.41, 5.74) is -0.117. The number of hydrogen-bond donors (Lipinski definition) is 2. The van der Waals surface area contributed by atoms with Crippen molar-refractivity contribution in [3.8, 4) is 5.75 Å². The second-order valence-corrected chi connectivity index (χ2v) is 7.56. The molecule has 0 fully saturated rings. The van der Waals surface area contributed by atoms with Gasteiger partial charge in [-0.1, -0.05) is 23.7 Å². The van der Waals surface area contributed by atoms with Crippen molar-refractivity contribution in [3.63, 3.8) is 0 Å². The molecule has 10 heteroatoms. The third-order valence-electron chi connectivity index (χ3n) is 4.78. The summed E-state index contributed by atoms with van der Waals surface area (Å²) in [5, 5.41) is 5.76. The van der Waals surface area contributed by atoms with Gasteiger partial charge in [-0.25, -0.2) is 4.79 Å². The summed E-state index contributed by atoms with van der Waals surface area (Å²) >= 11 is 5.86. The first kappa shape index (κ1) is 24.9. The zero-order valence-corrected chi connectivity index (χ0v) is 18.8. The van der Waals surface area contributed by atoms with Crippen molar-refractivity contribution in [3.05, 3.63) is 88.9 Å². The van der Waals surface area contributed by atoms with Gasteiger partial charge in [-0.15, -0.1) is 0 Å². The van der Waals surface area contributed by atoms with E-state index in [-0.39, 0.29) is 18.8 Å². The summed E-state index contributed by atoms with van der Waals surface area (Å²) in [6.07, 6.45) is -4.57. The van der Waals surface area contributed by atoms with Crippen LogP contribution in [0.3, 0.4) is 0 Å². The summed E-state index contributed by atoms with van der Waals surface area (Å²) in [6, 6.07) is 16.5. The Morgan fingerprint density at radius 3 is 2.38 bits per heavy atom. The average Bonchev–Trinajstić information content (AvgIpc) is 2.82. The van der Waals surface area contributed by atoms with Gasteiger partial charge in [0.2, 0.25) is 0 Å². The second kappa shape index (κ2) is 10.9. The molecule has 0 heterocycles. The maximum absolute atomic E-state index is 13.2. The van der Waals surface area contributed by atoms with Crippen LogP contribution >= 0.6 is 11.6 Å². The van der Waals surface area contributed by atoms with E-state index < -0.39 is 23.7 Å². The molecule has 3 aromatic carbocycles. The summed E-state index contributed by atoms with van der Waals surface area (Å²) in [7, 11) is 1.48. The third kappa shape index (κ3) is 6.64. The molecule has 3 amide bonds. The highest BCUT2D eigenvalue weighted by molar-refractivity contribution is 6.30. The minimum atomic E-state index is -4.57. The van der Waals surface area contributed by atoms with Crippen LogP contribution in [0.2, 0.25) is 5.02 Å². The highest BCUT2D eigenvalue weighted by Gasteiger charge is 2.31. The molecular weight excluding hydrogens is 471 g/mol. The molecule has 0 spiro atoms. The number of carbonyl (C=O) groups excluding carboxylic acids is 2. The number of amides is 3. The van der Waals surface area contributed by atoms with Crippen LogP contribution in [0.25, 0.3) is 0 Å². The minimum Gasteiger partial charge on any atom is -0.497 e. The highest BCUT2D eigenvalue weighted by atomic mass is 35.5. The molecular formula is C24H21ClF3N3O3. The van der Waals surface area contributed by atoms with E-state index in [0.717, 1.165) is 17.0 Å². The van der Waals surface area contributed by atoms with E-state index in [1.54, 1.807) is 48.5 Å². The van der Waals surface area contributed by atoms with Crippen molar-refractivity contribution in [1.82, 2.24) is 5.32 Å². The van der Waals surface area contributed by atoms with Crippen LogP contribution in [0.5, 0.6) is 5.75 Å². The number of nitrogens with zero attached hydrogens (tertiary/aromatic N) is 1. The molecule has 3 aromatic rings. The van der Waals surface area contributed by atoms with Crippen LogP contribution in [0, 0.1) is 0 Å². The van der Waals surface area contributed by atoms with Gasteiger partial charge in [-0.05, 0) is 60.7 Å². The number of rotatable bonds is 7. The normalized spacial score (nSPS) is 11.0. The van der Waals surface area contributed by atoms with Crippen molar-refractivity contribution in [2.45, 2.75) is 6.18 Å². The number of hydrogen-bond acceptors (Lipinski definition) is 3. The Balaban J connectivity index is 1.77. The number of ether oxygens (including phenoxy) is 1. The zero-order valence-electron chi connectivity index (χ0n) is 18.0. The summed E-state index contributed by atoms with van der Waals surface area (Å²) in [5.74, 6) is 0.0848. The van der Waals surface area contributed by atoms with E-state index in [0.29, 0.717) is 22.0 Å². The monoisotopic (exact) mass is 491 g/mol. The SMILES string of the molecule is COc1cccc(C(=O)NCCN(C(=O)Nc2ccc(Cl)cc2)c2cccc(C(F)(F)F)c2)c1. The van der Waals surface area contributed by atoms with E-state index in [2.05, 4.69) is 10.6 Å². The molecule has 178 valence electrons. The fourth-order valence-corrected chi connectivity index (χ4v) is 3.20. The lowest BCUT2D eigenvalue weighted by molar-refractivity contribution is -0.137. The summed E-state index contributed by atoms with van der Waals surface area (Å²) in [6.45, 7) is -0.100. The van der Waals surface area contributed by atoms with Crippen LogP contribution < -0.4 is 20.3 Å². The van der Waals surface area contributed by atoms with E-state index in [1.807, 2.05) is 0 Å². The van der Waals surface area contributed by atoms with Crippen LogP contribution in [0.4, 0.5) is 29.3 Å². The Hall–Kier alpha value is -3.72. The van der Waals surface area contributed by atoms with Crippen LogP contribution in [-0.2, 0) is 6.18 Å². The lowest BCUT2D eigenvalue weighted by Crippen LogP contribution is -2.41. The maximum atomic E-state index is 13.2. The average molecular weight is 492 g/mol. The molecule has 34 heavy (non-hydrogen) atoms. The van der Waals surface area contributed by atoms with Crippen LogP contribution in [0.1, 0.15) is 15.9 Å². The molecule has 0 atom stereocenters. The van der Waals surface area contributed by atoms with E-state index >= 15 is 0 Å². The van der Waals surface area contributed by atoms with E-state index in [4.69, 9.17) is 16.3 Å². The zero-order chi connectivity index (χ0) is 24.7. The van der Waals surface area contributed by atoms with Crippen molar-refractivity contribution in [1.29, 1.82) is 0 Å². The number of urea groups is 1. The molecule has 0 saturated carbocycles. The fraction of sp³-hybridized carbons (Fsp3) is 0.167. The number of halogens is 4. The minimum absolute atomic E-state index is 0.0136. The maximum Gasteiger partial charge on any atom is 0.416 e. The van der Waals surface area contributed by atoms with Gasteiger partial charge in [0, 0.05) is 35.1 Å². The lowest BCUT2D eigenvalue weighted by Gasteiger charge is -2.24. The molecule has 0 aromatic heterocycles. The van der Waals surface area contributed by atoms with Crippen LogP contribution in [-0.4, -0.2) is 32.1 Å². The second-order valence-electron chi connectivity index (χ2n) is 7.12. The van der Waals surface area contributed by atoms with E-state index in [9.17, 15) is 22.8 Å². The van der Waals surface area contributed by atoms with Crippen molar-refractivity contribution < 1.29 is 27.5 Å². The molecule has 2 N–H and O–H groups in total. The molecule has 0 bridgehead atoms. The van der Waals surface area contributed by atoms with Gasteiger partial charge in [0.05, 0.1) is 12.7 Å². The Labute approximate surface area is 199 Å². The predicted molar refractivity (Wildman–Crippen MR) is 125 cm³/mol. The lowest BCUT2D eigenvalue weighted by atomic mass is 10.2. The smallest absolute Gasteiger partial charge is 0.416 e. The summed E-state index contributed by atoms with van der Waals surface area (Å²) < 4.78 is 44.8. The first-order valence-electron chi connectivity index (χ1n) is 10.1. The Bertz CT molecular complexity index is 1150. The first-order valence-corrected chi connectivity index (χ1v) is 10.5. The Kier molecular flexibility index (Phi) is 8.01. The highest BCUT2D eigenvalue weighted by Crippen LogP contribution is 2.32. The molecule has 6 nitrogen and oxygen atoms in total. The number of alkyl halides is 3. The first-order chi connectivity index (χ1) is 16.2. The Morgan fingerprint density at radius 2 is 1.71 bits per heavy atom. The number of nitrogens with one attached hydrogen (secondary N) is 2. The standard InChI is InChI=1S/C24H21ClF3N3O3/c1-34-21-7-2-4-16(14-21)22(32)29-12-13-31(20-6-3-5-17(15-20)24(26,27)28)23(33)30-19-10-8-18(25)9-11-19/h2-11,14-15H,12-13H2,1H3,(H,29,32)(H,30,33). The van der Waals surface area contributed by atoms with Gasteiger partial charge in [0.25, 0.3) is 5.91 Å². The molecule has 0 aliphatic carbocycles. The predicted octanol–water partition coefficient (Wildman–Crippen LogP) is 5.84. The van der Waals surface area contributed by atoms with Crippen molar-refractivity contribution >= 4 is 34.9 Å². The molecule has 0 saturated heterocycles. The number of benzene rings is 3. The number of anilines is 2. The van der Waals surface area contributed by atoms with Crippen molar-refractivity contribution in [2.75, 3.05) is 30.4 Å². The molecule has 0 unspecified atom stereocenters. The topological polar surface area (TPSA) is 70.7 Å². The third-order valence-corrected chi connectivity index (χ3v) is 5.03. The fourth-order valence-electron chi connectivity index (χ4n) is 3.07. The van der Waals surface area contributed by atoms with Gasteiger partial charge in [0.15, 0.2) is 0 Å². The molecule has 3 rings (SSSR count). The largest absolute Gasteiger partial charge is 0.497 e. The van der Waals surface area contributed by atoms with Gasteiger partial charge in [-0.2, -0.15) is 13.2 Å². The molecule has 0 aliphatic heterocycles. The number of methoxy groups -OCH3 is 1. The van der Waals surface area contributed by atoms with Gasteiger partial charge in [0.1, 0.15) is 5.75 Å². The van der Waals surface area contributed by atoms with E-state index in [1.165, 1.54) is 19.2 Å². The number of carbonyl (C=O) groups is 2. The molecule has 0 radical (unpaired) electrons. The Morgan fingerprint density at radius 1 is 1.00 bits per heavy atom. The quantitative estimate of drug-likeness (QED) is 0.436. The summed E-state index contributed by atoms with van der Waals surface area (Å²) in [4.78, 5) is 26.5. The van der Waals surface area contributed by atoms with Gasteiger partial charge >= 0.3 is 12.2 Å². The van der Waals surface area contributed by atoms with Crippen molar-refractivity contribution in [2.24, 2.45) is 0 Å². The van der Waals surface area contributed by atoms with Crippen LogP contribution in [0.15, 0.2) is 72.8 Å². The van der Waals surface area contributed by atoms with Gasteiger partial charge < -0.3 is 15.4 Å².